The minimum atomic E-state index is 0.535. The summed E-state index contributed by atoms with van der Waals surface area (Å²) in [5, 5.41) is 3.93. The van der Waals surface area contributed by atoms with Gasteiger partial charge in [-0.2, -0.15) is 4.98 Å². The van der Waals surface area contributed by atoms with Crippen molar-refractivity contribution in [2.24, 2.45) is 0 Å². The standard InChI is InChI=1S/C16H12N2O/c1-3-7-13(8-4-1)11-12-15-17-16(19-18-15)14-9-5-2-6-10-14/h1-12H/b12-11+. The molecule has 92 valence electrons. The molecule has 0 radical (unpaired) electrons. The maximum Gasteiger partial charge on any atom is 0.258 e. The summed E-state index contributed by atoms with van der Waals surface area (Å²) in [6, 6.07) is 19.7. The highest BCUT2D eigenvalue weighted by atomic mass is 16.5. The summed E-state index contributed by atoms with van der Waals surface area (Å²) in [5.74, 6) is 1.11. The van der Waals surface area contributed by atoms with Gasteiger partial charge < -0.3 is 4.52 Å². The third-order valence-electron chi connectivity index (χ3n) is 2.69. The Kier molecular flexibility index (Phi) is 3.19. The molecule has 3 heteroatoms. The first kappa shape index (κ1) is 11.4. The summed E-state index contributed by atoms with van der Waals surface area (Å²) < 4.78 is 5.23. The molecule has 3 aromatic rings. The maximum absolute atomic E-state index is 5.23. The van der Waals surface area contributed by atoms with Gasteiger partial charge in [0.2, 0.25) is 0 Å². The van der Waals surface area contributed by atoms with Crippen molar-refractivity contribution >= 4 is 12.2 Å². The molecule has 1 heterocycles. The van der Waals surface area contributed by atoms with Gasteiger partial charge in [0.25, 0.3) is 5.89 Å². The highest BCUT2D eigenvalue weighted by Crippen LogP contribution is 2.16. The zero-order valence-electron chi connectivity index (χ0n) is 10.2. The summed E-state index contributed by atoms with van der Waals surface area (Å²) in [5.41, 5.74) is 2.03. The average Bonchev–Trinajstić information content (AvgIpc) is 2.96. The van der Waals surface area contributed by atoms with Crippen LogP contribution < -0.4 is 0 Å². The highest BCUT2D eigenvalue weighted by Gasteiger charge is 2.05. The molecule has 0 saturated carbocycles. The fourth-order valence-electron chi connectivity index (χ4n) is 1.74. The van der Waals surface area contributed by atoms with Gasteiger partial charge in [-0.3, -0.25) is 0 Å². The molecule has 3 rings (SSSR count). The second-order valence-electron chi connectivity index (χ2n) is 4.07. The molecule has 2 aromatic carbocycles. The smallest absolute Gasteiger partial charge is 0.258 e. The first-order valence-corrected chi connectivity index (χ1v) is 6.04. The van der Waals surface area contributed by atoms with Crippen LogP contribution in [0, 0.1) is 0 Å². The predicted molar refractivity (Wildman–Crippen MR) is 75.1 cm³/mol. The second-order valence-corrected chi connectivity index (χ2v) is 4.07. The Morgan fingerprint density at radius 3 is 2.21 bits per heavy atom. The third kappa shape index (κ3) is 2.77. The number of nitrogens with zero attached hydrogens (tertiary/aromatic N) is 2. The van der Waals surface area contributed by atoms with Crippen LogP contribution in [0.4, 0.5) is 0 Å². The van der Waals surface area contributed by atoms with Crippen molar-refractivity contribution in [3.63, 3.8) is 0 Å². The van der Waals surface area contributed by atoms with Gasteiger partial charge in [0, 0.05) is 5.56 Å². The molecule has 0 bridgehead atoms. The Morgan fingerprint density at radius 2 is 1.47 bits per heavy atom. The minimum Gasteiger partial charge on any atom is -0.334 e. The van der Waals surface area contributed by atoms with Gasteiger partial charge >= 0.3 is 0 Å². The van der Waals surface area contributed by atoms with Crippen LogP contribution in [0.3, 0.4) is 0 Å². The Labute approximate surface area is 111 Å². The number of aromatic nitrogens is 2. The number of hydrogen-bond acceptors (Lipinski definition) is 3. The normalized spacial score (nSPS) is 10.9. The van der Waals surface area contributed by atoms with E-state index < -0.39 is 0 Å². The fraction of sp³-hybridized carbons (Fsp3) is 0. The van der Waals surface area contributed by atoms with E-state index in [-0.39, 0.29) is 0 Å². The summed E-state index contributed by atoms with van der Waals surface area (Å²) in [6.07, 6.45) is 3.80. The Bertz CT molecular complexity index is 672. The van der Waals surface area contributed by atoms with Crippen molar-refractivity contribution in [1.82, 2.24) is 10.1 Å². The first-order chi connectivity index (χ1) is 9.42. The molecular formula is C16H12N2O. The lowest BCUT2D eigenvalue weighted by Gasteiger charge is -1.90. The molecule has 0 spiro atoms. The van der Waals surface area contributed by atoms with Crippen molar-refractivity contribution in [2.75, 3.05) is 0 Å². The fourth-order valence-corrected chi connectivity index (χ4v) is 1.74. The van der Waals surface area contributed by atoms with Crippen LogP contribution in [0.5, 0.6) is 0 Å². The van der Waals surface area contributed by atoms with E-state index >= 15 is 0 Å². The molecule has 0 aliphatic heterocycles. The van der Waals surface area contributed by atoms with Crippen molar-refractivity contribution in [1.29, 1.82) is 0 Å². The van der Waals surface area contributed by atoms with E-state index in [1.807, 2.05) is 72.8 Å². The van der Waals surface area contributed by atoms with E-state index in [1.54, 1.807) is 0 Å². The van der Waals surface area contributed by atoms with Crippen molar-refractivity contribution in [2.45, 2.75) is 0 Å². The summed E-state index contributed by atoms with van der Waals surface area (Å²) in [4.78, 5) is 4.33. The first-order valence-electron chi connectivity index (χ1n) is 6.04. The second kappa shape index (κ2) is 5.31. The molecule has 0 amide bonds. The van der Waals surface area contributed by atoms with Gasteiger partial charge in [0.15, 0.2) is 5.82 Å². The van der Waals surface area contributed by atoms with Crippen LogP contribution >= 0.6 is 0 Å². The molecule has 0 saturated heterocycles. The molecular weight excluding hydrogens is 236 g/mol. The maximum atomic E-state index is 5.23. The van der Waals surface area contributed by atoms with Crippen molar-refractivity contribution in [3.8, 4) is 11.5 Å². The topological polar surface area (TPSA) is 38.9 Å². The van der Waals surface area contributed by atoms with E-state index in [0.717, 1.165) is 11.1 Å². The highest BCUT2D eigenvalue weighted by molar-refractivity contribution is 5.67. The van der Waals surface area contributed by atoms with Crippen molar-refractivity contribution < 1.29 is 4.52 Å². The molecule has 19 heavy (non-hydrogen) atoms. The SMILES string of the molecule is C(=C\c1noc(-c2ccccc2)n1)/c1ccccc1. The molecule has 0 N–H and O–H groups in total. The molecule has 0 aliphatic carbocycles. The quantitative estimate of drug-likeness (QED) is 0.705. The Balaban J connectivity index is 1.81. The van der Waals surface area contributed by atoms with Gasteiger partial charge in [-0.25, -0.2) is 0 Å². The van der Waals surface area contributed by atoms with E-state index in [9.17, 15) is 0 Å². The lowest BCUT2D eigenvalue weighted by atomic mass is 10.2. The van der Waals surface area contributed by atoms with E-state index in [0.29, 0.717) is 11.7 Å². The number of hydrogen-bond donors (Lipinski definition) is 0. The van der Waals surface area contributed by atoms with Gasteiger partial charge in [-0.05, 0) is 23.8 Å². The van der Waals surface area contributed by atoms with Gasteiger partial charge in [0.05, 0.1) is 0 Å². The molecule has 0 unspecified atom stereocenters. The number of benzene rings is 2. The van der Waals surface area contributed by atoms with E-state index in [1.165, 1.54) is 0 Å². The molecule has 3 nitrogen and oxygen atoms in total. The van der Waals surface area contributed by atoms with Crippen LogP contribution in [-0.2, 0) is 0 Å². The Morgan fingerprint density at radius 1 is 0.789 bits per heavy atom. The van der Waals surface area contributed by atoms with Crippen LogP contribution in [-0.4, -0.2) is 10.1 Å². The van der Waals surface area contributed by atoms with E-state index in [2.05, 4.69) is 10.1 Å². The van der Waals surface area contributed by atoms with Crippen LogP contribution in [0.1, 0.15) is 11.4 Å². The summed E-state index contributed by atoms with van der Waals surface area (Å²) >= 11 is 0. The van der Waals surface area contributed by atoms with Crippen molar-refractivity contribution in [3.05, 3.63) is 72.1 Å². The average molecular weight is 248 g/mol. The largest absolute Gasteiger partial charge is 0.334 e. The van der Waals surface area contributed by atoms with E-state index in [4.69, 9.17) is 4.52 Å². The van der Waals surface area contributed by atoms with Crippen LogP contribution in [0.15, 0.2) is 65.2 Å². The minimum absolute atomic E-state index is 0.535. The lowest BCUT2D eigenvalue weighted by Crippen LogP contribution is -1.77. The summed E-state index contributed by atoms with van der Waals surface area (Å²) in [6.45, 7) is 0. The third-order valence-corrected chi connectivity index (χ3v) is 2.69. The van der Waals surface area contributed by atoms with Gasteiger partial charge in [-0.15, -0.1) is 0 Å². The van der Waals surface area contributed by atoms with Gasteiger partial charge in [0.1, 0.15) is 0 Å². The monoisotopic (exact) mass is 248 g/mol. The zero-order valence-corrected chi connectivity index (χ0v) is 10.2. The predicted octanol–water partition coefficient (Wildman–Crippen LogP) is 3.91. The molecule has 0 atom stereocenters. The van der Waals surface area contributed by atoms with Crippen LogP contribution in [0.25, 0.3) is 23.6 Å². The lowest BCUT2D eigenvalue weighted by molar-refractivity contribution is 0.429. The van der Waals surface area contributed by atoms with Gasteiger partial charge in [-0.1, -0.05) is 59.8 Å². The summed E-state index contributed by atoms with van der Waals surface area (Å²) in [7, 11) is 0. The zero-order chi connectivity index (χ0) is 12.9. The van der Waals surface area contributed by atoms with Crippen LogP contribution in [0.2, 0.25) is 0 Å². The number of rotatable bonds is 3. The molecule has 0 aliphatic rings. The molecule has 0 fully saturated rings. The molecule has 1 aromatic heterocycles. The Hall–Kier alpha value is -2.68.